The normalized spacial score (nSPS) is 29.9. The summed E-state index contributed by atoms with van der Waals surface area (Å²) >= 11 is 0. The van der Waals surface area contributed by atoms with Crippen LogP contribution < -0.4 is 5.32 Å². The zero-order chi connectivity index (χ0) is 14.5. The molecule has 1 aliphatic heterocycles. The van der Waals surface area contributed by atoms with E-state index in [9.17, 15) is 4.79 Å². The SMILES string of the molecule is CC1CCCC(N(C)C(=O)CC(C)C2CCNCC2)C1. The molecule has 116 valence electrons. The predicted molar refractivity (Wildman–Crippen MR) is 83.6 cm³/mol. The average molecular weight is 280 g/mol. The van der Waals surface area contributed by atoms with Gasteiger partial charge in [0.1, 0.15) is 0 Å². The van der Waals surface area contributed by atoms with Crippen molar-refractivity contribution in [2.45, 2.75) is 64.8 Å². The number of nitrogens with zero attached hydrogens (tertiary/aromatic N) is 1. The number of nitrogens with one attached hydrogen (secondary N) is 1. The van der Waals surface area contributed by atoms with E-state index in [1.165, 1.54) is 38.5 Å². The van der Waals surface area contributed by atoms with Crippen LogP contribution in [0.2, 0.25) is 0 Å². The summed E-state index contributed by atoms with van der Waals surface area (Å²) in [5.74, 6) is 2.42. The van der Waals surface area contributed by atoms with Gasteiger partial charge in [-0.1, -0.05) is 26.7 Å². The van der Waals surface area contributed by atoms with Crippen LogP contribution in [-0.2, 0) is 4.79 Å². The van der Waals surface area contributed by atoms with Crippen molar-refractivity contribution in [1.29, 1.82) is 0 Å². The molecule has 3 atom stereocenters. The third-order valence-corrected chi connectivity index (χ3v) is 5.53. The molecule has 1 saturated carbocycles. The molecule has 1 aliphatic carbocycles. The second-order valence-corrected chi connectivity index (χ2v) is 7.20. The second kappa shape index (κ2) is 7.44. The lowest BCUT2D eigenvalue weighted by Crippen LogP contribution is -2.41. The summed E-state index contributed by atoms with van der Waals surface area (Å²) in [6.45, 7) is 6.84. The molecule has 3 heteroatoms. The maximum atomic E-state index is 12.5. The molecule has 1 amide bonds. The first kappa shape index (κ1) is 15.8. The van der Waals surface area contributed by atoms with Crippen molar-refractivity contribution in [2.75, 3.05) is 20.1 Å². The molecule has 2 aliphatic rings. The van der Waals surface area contributed by atoms with Crippen LogP contribution in [0.25, 0.3) is 0 Å². The Balaban J connectivity index is 1.80. The van der Waals surface area contributed by atoms with Crippen LogP contribution in [0.15, 0.2) is 0 Å². The molecule has 0 aromatic rings. The summed E-state index contributed by atoms with van der Waals surface area (Å²) in [5.41, 5.74) is 0. The van der Waals surface area contributed by atoms with E-state index in [1.54, 1.807) is 0 Å². The van der Waals surface area contributed by atoms with Gasteiger partial charge in [-0.2, -0.15) is 0 Å². The zero-order valence-electron chi connectivity index (χ0n) is 13.5. The lowest BCUT2D eigenvalue weighted by molar-refractivity contribution is -0.134. The summed E-state index contributed by atoms with van der Waals surface area (Å²) in [7, 11) is 2.03. The van der Waals surface area contributed by atoms with Crippen LogP contribution in [0.3, 0.4) is 0 Å². The van der Waals surface area contributed by atoms with Gasteiger partial charge in [-0.15, -0.1) is 0 Å². The Kier molecular flexibility index (Phi) is 5.88. The van der Waals surface area contributed by atoms with Crippen LogP contribution in [0.1, 0.15) is 58.8 Å². The Morgan fingerprint density at radius 3 is 2.60 bits per heavy atom. The maximum absolute atomic E-state index is 12.5. The minimum Gasteiger partial charge on any atom is -0.343 e. The van der Waals surface area contributed by atoms with E-state index in [-0.39, 0.29) is 0 Å². The number of carbonyl (C=O) groups is 1. The fraction of sp³-hybridized carbons (Fsp3) is 0.941. The molecule has 0 spiro atoms. The van der Waals surface area contributed by atoms with Gasteiger partial charge in [-0.25, -0.2) is 0 Å². The van der Waals surface area contributed by atoms with E-state index < -0.39 is 0 Å². The maximum Gasteiger partial charge on any atom is 0.222 e. The average Bonchev–Trinajstić information content (AvgIpc) is 2.47. The van der Waals surface area contributed by atoms with Crippen molar-refractivity contribution in [3.63, 3.8) is 0 Å². The van der Waals surface area contributed by atoms with E-state index in [0.717, 1.165) is 31.3 Å². The lowest BCUT2D eigenvalue weighted by Gasteiger charge is -2.35. The van der Waals surface area contributed by atoms with Crippen LogP contribution in [-0.4, -0.2) is 37.0 Å². The number of piperidine rings is 1. The quantitative estimate of drug-likeness (QED) is 0.858. The van der Waals surface area contributed by atoms with Crippen molar-refractivity contribution < 1.29 is 4.79 Å². The molecule has 1 N–H and O–H groups in total. The van der Waals surface area contributed by atoms with Gasteiger partial charge >= 0.3 is 0 Å². The highest BCUT2D eigenvalue weighted by Crippen LogP contribution is 2.29. The van der Waals surface area contributed by atoms with Gasteiger partial charge < -0.3 is 10.2 Å². The third-order valence-electron chi connectivity index (χ3n) is 5.53. The Morgan fingerprint density at radius 1 is 1.25 bits per heavy atom. The van der Waals surface area contributed by atoms with Gasteiger partial charge in [0, 0.05) is 19.5 Å². The van der Waals surface area contributed by atoms with Crippen LogP contribution in [0.5, 0.6) is 0 Å². The molecule has 3 nitrogen and oxygen atoms in total. The Hall–Kier alpha value is -0.570. The van der Waals surface area contributed by atoms with Crippen molar-refractivity contribution in [3.8, 4) is 0 Å². The van der Waals surface area contributed by atoms with Crippen molar-refractivity contribution >= 4 is 5.91 Å². The summed E-state index contributed by atoms with van der Waals surface area (Å²) < 4.78 is 0. The summed E-state index contributed by atoms with van der Waals surface area (Å²) in [4.78, 5) is 14.6. The fourth-order valence-corrected chi connectivity index (χ4v) is 3.96. The van der Waals surface area contributed by atoms with E-state index in [0.29, 0.717) is 17.9 Å². The summed E-state index contributed by atoms with van der Waals surface area (Å²) in [5, 5.41) is 3.41. The van der Waals surface area contributed by atoms with E-state index in [4.69, 9.17) is 0 Å². The number of rotatable bonds is 4. The second-order valence-electron chi connectivity index (χ2n) is 7.20. The minimum atomic E-state index is 0.370. The van der Waals surface area contributed by atoms with Gasteiger partial charge in [0.2, 0.25) is 5.91 Å². The fourth-order valence-electron chi connectivity index (χ4n) is 3.96. The van der Waals surface area contributed by atoms with Crippen LogP contribution in [0.4, 0.5) is 0 Å². The first-order valence-electron chi connectivity index (χ1n) is 8.54. The summed E-state index contributed by atoms with van der Waals surface area (Å²) in [6.07, 6.45) is 8.24. The van der Waals surface area contributed by atoms with Crippen LogP contribution >= 0.6 is 0 Å². The molecule has 2 fully saturated rings. The third kappa shape index (κ3) is 4.21. The highest BCUT2D eigenvalue weighted by Gasteiger charge is 2.28. The Bertz CT molecular complexity index is 312. The molecule has 0 aromatic carbocycles. The molecule has 2 rings (SSSR count). The minimum absolute atomic E-state index is 0.370. The molecular formula is C17H32N2O. The van der Waals surface area contributed by atoms with Crippen molar-refractivity contribution in [1.82, 2.24) is 10.2 Å². The molecule has 0 radical (unpaired) electrons. The molecule has 3 unspecified atom stereocenters. The molecule has 20 heavy (non-hydrogen) atoms. The largest absolute Gasteiger partial charge is 0.343 e. The van der Waals surface area contributed by atoms with Gasteiger partial charge in [0.05, 0.1) is 0 Å². The van der Waals surface area contributed by atoms with Crippen LogP contribution in [0, 0.1) is 17.8 Å². The summed E-state index contributed by atoms with van der Waals surface area (Å²) in [6, 6.07) is 0.492. The number of hydrogen-bond acceptors (Lipinski definition) is 2. The number of hydrogen-bond donors (Lipinski definition) is 1. The van der Waals surface area contributed by atoms with E-state index in [1.807, 2.05) is 7.05 Å². The molecular weight excluding hydrogens is 248 g/mol. The van der Waals surface area contributed by atoms with Gasteiger partial charge in [0.15, 0.2) is 0 Å². The number of carbonyl (C=O) groups excluding carboxylic acids is 1. The van der Waals surface area contributed by atoms with Crippen molar-refractivity contribution in [2.24, 2.45) is 17.8 Å². The monoisotopic (exact) mass is 280 g/mol. The van der Waals surface area contributed by atoms with Gasteiger partial charge in [-0.3, -0.25) is 4.79 Å². The Morgan fingerprint density at radius 2 is 1.95 bits per heavy atom. The van der Waals surface area contributed by atoms with Gasteiger partial charge in [-0.05, 0) is 56.5 Å². The molecule has 0 bridgehead atoms. The molecule has 1 heterocycles. The van der Waals surface area contributed by atoms with E-state index in [2.05, 4.69) is 24.1 Å². The predicted octanol–water partition coefficient (Wildman–Crippen LogP) is 3.05. The standard InChI is InChI=1S/C17H32N2O/c1-13-5-4-6-16(11-13)19(3)17(20)12-14(2)15-7-9-18-10-8-15/h13-16,18H,4-12H2,1-3H3. The first-order chi connectivity index (χ1) is 9.58. The van der Waals surface area contributed by atoms with Crippen molar-refractivity contribution in [3.05, 3.63) is 0 Å². The highest BCUT2D eigenvalue weighted by molar-refractivity contribution is 5.76. The van der Waals surface area contributed by atoms with Gasteiger partial charge in [0.25, 0.3) is 0 Å². The van der Waals surface area contributed by atoms with E-state index >= 15 is 0 Å². The first-order valence-corrected chi connectivity index (χ1v) is 8.54. The lowest BCUT2D eigenvalue weighted by atomic mass is 9.83. The highest BCUT2D eigenvalue weighted by atomic mass is 16.2. The number of amides is 1. The molecule has 1 saturated heterocycles. The molecule has 0 aromatic heterocycles. The topological polar surface area (TPSA) is 32.3 Å². The smallest absolute Gasteiger partial charge is 0.222 e. The zero-order valence-corrected chi connectivity index (χ0v) is 13.5. The Labute approximate surface area is 124 Å².